The number of hydrogen-bond acceptors (Lipinski definition) is 5. The first-order valence-corrected chi connectivity index (χ1v) is 8.36. The van der Waals surface area contributed by atoms with E-state index in [2.05, 4.69) is 10.1 Å². The summed E-state index contributed by atoms with van der Waals surface area (Å²) in [5.74, 6) is -0.702. The Hall–Kier alpha value is -2.80. The van der Waals surface area contributed by atoms with Gasteiger partial charge in [0.05, 0.1) is 13.7 Å². The van der Waals surface area contributed by atoms with Crippen LogP contribution in [0.3, 0.4) is 0 Å². The number of nitrogens with zero attached hydrogens (tertiary/aromatic N) is 1. The molecule has 0 radical (unpaired) electrons. The van der Waals surface area contributed by atoms with Gasteiger partial charge in [-0.25, -0.2) is 9.59 Å². The highest BCUT2D eigenvalue weighted by Gasteiger charge is 2.51. The molecule has 1 atom stereocenters. The smallest absolute Gasteiger partial charge is 0.373 e. The largest absolute Gasteiger partial charge is 0.463 e. The van der Waals surface area contributed by atoms with Gasteiger partial charge in [0.25, 0.3) is 5.91 Å². The first kappa shape index (κ1) is 18.0. The molecule has 1 aliphatic rings. The number of ether oxygens (including phenoxy) is 1. The molecule has 3 rings (SSSR count). The Balaban J connectivity index is 1.87. The van der Waals surface area contributed by atoms with Gasteiger partial charge in [0, 0.05) is 5.02 Å². The fraction of sp³-hybridized carbons (Fsp3) is 0.278. The Morgan fingerprint density at radius 3 is 2.54 bits per heavy atom. The second-order valence-corrected chi connectivity index (χ2v) is 6.28. The molecule has 1 unspecified atom stereocenters. The highest BCUT2D eigenvalue weighted by molar-refractivity contribution is 6.30. The lowest BCUT2D eigenvalue weighted by molar-refractivity contribution is -0.132. The van der Waals surface area contributed by atoms with Crippen LogP contribution in [0, 0.1) is 0 Å². The van der Waals surface area contributed by atoms with Crippen molar-refractivity contribution in [1.29, 1.82) is 0 Å². The number of rotatable bonds is 5. The number of methoxy groups -OCH3 is 1. The zero-order valence-corrected chi connectivity index (χ0v) is 15.0. The molecule has 1 aromatic carbocycles. The van der Waals surface area contributed by atoms with Crippen molar-refractivity contribution >= 4 is 29.5 Å². The zero-order valence-electron chi connectivity index (χ0n) is 14.2. The minimum absolute atomic E-state index is 0.00834. The van der Waals surface area contributed by atoms with Crippen molar-refractivity contribution in [2.75, 3.05) is 7.11 Å². The van der Waals surface area contributed by atoms with Gasteiger partial charge in [-0.3, -0.25) is 9.69 Å². The Bertz CT molecular complexity index is 861. The number of carbonyl (C=O) groups is 3. The summed E-state index contributed by atoms with van der Waals surface area (Å²) in [6.07, 6.45) is 0.376. The van der Waals surface area contributed by atoms with Gasteiger partial charge in [-0.1, -0.05) is 30.7 Å². The molecule has 1 aliphatic heterocycles. The average molecular weight is 377 g/mol. The molecule has 0 saturated carbocycles. The van der Waals surface area contributed by atoms with Crippen LogP contribution in [0.25, 0.3) is 0 Å². The van der Waals surface area contributed by atoms with Crippen molar-refractivity contribution in [2.24, 2.45) is 0 Å². The predicted octanol–water partition coefficient (Wildman–Crippen LogP) is 3.08. The summed E-state index contributed by atoms with van der Waals surface area (Å²) in [4.78, 5) is 38.0. The predicted molar refractivity (Wildman–Crippen MR) is 92.6 cm³/mol. The van der Waals surface area contributed by atoms with Crippen molar-refractivity contribution in [3.8, 4) is 0 Å². The Morgan fingerprint density at radius 2 is 1.92 bits per heavy atom. The number of furan rings is 1. The van der Waals surface area contributed by atoms with E-state index < -0.39 is 17.5 Å². The molecule has 1 fully saturated rings. The number of amides is 3. The van der Waals surface area contributed by atoms with Gasteiger partial charge in [0.2, 0.25) is 5.76 Å². The number of halogens is 1. The van der Waals surface area contributed by atoms with Crippen LogP contribution >= 0.6 is 11.6 Å². The van der Waals surface area contributed by atoms with Crippen LogP contribution in [-0.4, -0.2) is 29.9 Å². The van der Waals surface area contributed by atoms with E-state index >= 15 is 0 Å². The van der Waals surface area contributed by atoms with Crippen LogP contribution in [0.2, 0.25) is 5.02 Å². The third kappa shape index (κ3) is 2.94. The minimum Gasteiger partial charge on any atom is -0.463 e. The molecule has 8 heteroatoms. The number of carbonyl (C=O) groups excluding carboxylic acids is 3. The van der Waals surface area contributed by atoms with E-state index in [1.165, 1.54) is 19.2 Å². The lowest BCUT2D eigenvalue weighted by Crippen LogP contribution is -2.43. The maximum atomic E-state index is 13.0. The molecule has 2 aromatic rings. The monoisotopic (exact) mass is 376 g/mol. The fourth-order valence-corrected chi connectivity index (χ4v) is 3.10. The zero-order chi connectivity index (χ0) is 18.9. The summed E-state index contributed by atoms with van der Waals surface area (Å²) in [5.41, 5.74) is -0.501. The van der Waals surface area contributed by atoms with Gasteiger partial charge in [-0.05, 0) is 36.2 Å². The van der Waals surface area contributed by atoms with E-state index in [0.717, 1.165) is 4.90 Å². The normalized spacial score (nSPS) is 19.6. The van der Waals surface area contributed by atoms with Crippen LogP contribution in [0.5, 0.6) is 0 Å². The molecule has 0 bridgehead atoms. The van der Waals surface area contributed by atoms with Crippen molar-refractivity contribution < 1.29 is 23.5 Å². The second-order valence-electron chi connectivity index (χ2n) is 5.84. The number of urea groups is 1. The average Bonchev–Trinajstić information content (AvgIpc) is 3.20. The topological polar surface area (TPSA) is 88.8 Å². The van der Waals surface area contributed by atoms with Gasteiger partial charge in [-0.15, -0.1) is 0 Å². The number of esters is 1. The Kier molecular flexibility index (Phi) is 4.73. The molecule has 7 nitrogen and oxygen atoms in total. The molecule has 0 aliphatic carbocycles. The van der Waals surface area contributed by atoms with Gasteiger partial charge in [-0.2, -0.15) is 0 Å². The third-order valence-electron chi connectivity index (χ3n) is 4.41. The minimum atomic E-state index is -1.15. The summed E-state index contributed by atoms with van der Waals surface area (Å²) < 4.78 is 9.93. The lowest BCUT2D eigenvalue weighted by atomic mass is 9.87. The molecule has 1 aromatic heterocycles. The summed E-state index contributed by atoms with van der Waals surface area (Å²) in [7, 11) is 1.24. The maximum absolute atomic E-state index is 13.0. The van der Waals surface area contributed by atoms with Crippen LogP contribution in [-0.2, 0) is 21.6 Å². The van der Waals surface area contributed by atoms with E-state index in [1.54, 1.807) is 24.3 Å². The molecule has 2 heterocycles. The molecule has 3 amide bonds. The third-order valence-corrected chi connectivity index (χ3v) is 4.66. The van der Waals surface area contributed by atoms with Crippen molar-refractivity contribution in [3.05, 3.63) is 58.5 Å². The fourth-order valence-electron chi connectivity index (χ4n) is 2.97. The maximum Gasteiger partial charge on any atom is 0.373 e. The van der Waals surface area contributed by atoms with Gasteiger partial charge < -0.3 is 14.5 Å². The number of benzene rings is 1. The standard InChI is InChI=1S/C18H17ClN2O5/c1-3-18(11-4-6-12(19)7-5-11)16(23)21(17(24)20-18)10-13-8-9-14(26-13)15(22)25-2/h4-9H,3,10H2,1-2H3,(H,20,24). The molecule has 1 N–H and O–H groups in total. The Labute approximate surface area is 154 Å². The quantitative estimate of drug-likeness (QED) is 0.640. The number of nitrogens with one attached hydrogen (secondary N) is 1. The van der Waals surface area contributed by atoms with Crippen LogP contribution in [0.1, 0.15) is 35.2 Å². The summed E-state index contributed by atoms with van der Waals surface area (Å²) in [6.45, 7) is 1.73. The molecule has 26 heavy (non-hydrogen) atoms. The van der Waals surface area contributed by atoms with Gasteiger partial charge >= 0.3 is 12.0 Å². The van der Waals surface area contributed by atoms with E-state index in [1.807, 2.05) is 6.92 Å². The Morgan fingerprint density at radius 1 is 1.23 bits per heavy atom. The van der Waals surface area contributed by atoms with Crippen molar-refractivity contribution in [3.63, 3.8) is 0 Å². The van der Waals surface area contributed by atoms with Crippen molar-refractivity contribution in [2.45, 2.75) is 25.4 Å². The lowest BCUT2D eigenvalue weighted by Gasteiger charge is -2.25. The highest BCUT2D eigenvalue weighted by atomic mass is 35.5. The molecule has 1 saturated heterocycles. The first-order valence-electron chi connectivity index (χ1n) is 7.98. The SMILES string of the molecule is CCC1(c2ccc(Cl)cc2)NC(=O)N(Cc2ccc(C(=O)OC)o2)C1=O. The molecular weight excluding hydrogens is 360 g/mol. The summed E-state index contributed by atoms with van der Waals surface area (Å²) in [5, 5.41) is 3.32. The van der Waals surface area contributed by atoms with Crippen LogP contribution < -0.4 is 5.32 Å². The highest BCUT2D eigenvalue weighted by Crippen LogP contribution is 2.34. The van der Waals surface area contributed by atoms with E-state index in [4.69, 9.17) is 16.0 Å². The summed E-state index contributed by atoms with van der Waals surface area (Å²) in [6, 6.07) is 9.22. The summed E-state index contributed by atoms with van der Waals surface area (Å²) >= 11 is 5.91. The van der Waals surface area contributed by atoms with Crippen LogP contribution in [0.4, 0.5) is 4.79 Å². The van der Waals surface area contributed by atoms with Crippen LogP contribution in [0.15, 0.2) is 40.8 Å². The second kappa shape index (κ2) is 6.84. The molecule has 0 spiro atoms. The van der Waals surface area contributed by atoms with Gasteiger partial charge in [0.15, 0.2) is 0 Å². The number of hydrogen-bond donors (Lipinski definition) is 1. The molecule has 136 valence electrons. The first-order chi connectivity index (χ1) is 12.4. The van der Waals surface area contributed by atoms with Crippen molar-refractivity contribution in [1.82, 2.24) is 10.2 Å². The van der Waals surface area contributed by atoms with E-state index in [0.29, 0.717) is 22.8 Å². The van der Waals surface area contributed by atoms with E-state index in [9.17, 15) is 14.4 Å². The molecular formula is C18H17ClN2O5. The van der Waals surface area contributed by atoms with E-state index in [-0.39, 0.29) is 18.2 Å². The van der Waals surface area contributed by atoms with Gasteiger partial charge in [0.1, 0.15) is 11.3 Å². The number of imide groups is 1.